The highest BCUT2D eigenvalue weighted by Crippen LogP contribution is 2.12. The molecule has 0 aliphatic heterocycles. The van der Waals surface area contributed by atoms with Crippen LogP contribution >= 0.6 is 0 Å². The first kappa shape index (κ1) is 18.4. The summed E-state index contributed by atoms with van der Waals surface area (Å²) in [6, 6.07) is 17.8. The van der Waals surface area contributed by atoms with Gasteiger partial charge in [0, 0.05) is 13.1 Å². The third-order valence-corrected chi connectivity index (χ3v) is 4.03. The van der Waals surface area contributed by atoms with E-state index in [2.05, 4.69) is 20.6 Å². The van der Waals surface area contributed by atoms with E-state index >= 15 is 0 Å². The number of hydrogen-bond donors (Lipinski definition) is 2. The van der Waals surface area contributed by atoms with Gasteiger partial charge in [0.25, 0.3) is 5.91 Å². The Morgan fingerprint density at radius 2 is 1.81 bits per heavy atom. The van der Waals surface area contributed by atoms with Crippen LogP contribution in [0.15, 0.2) is 67.0 Å². The summed E-state index contributed by atoms with van der Waals surface area (Å²) in [6.07, 6.45) is 3.77. The van der Waals surface area contributed by atoms with Crippen molar-refractivity contribution in [3.63, 3.8) is 0 Å². The number of nitrogens with zero attached hydrogens (tertiary/aromatic N) is 2. The van der Waals surface area contributed by atoms with Crippen molar-refractivity contribution in [2.45, 2.75) is 13.0 Å². The zero-order valence-electron chi connectivity index (χ0n) is 15.2. The standard InChI is InChI=1S/C21H22N4O2/c1-27-18-9-5-8-16(12-18)10-11-22-21(26)19-14-25-20(15-23-19)24-13-17-6-3-2-4-7-17/h2-9,12,14-15H,10-11,13H2,1H3,(H,22,26)(H,24,25). The monoisotopic (exact) mass is 362 g/mol. The molecule has 27 heavy (non-hydrogen) atoms. The topological polar surface area (TPSA) is 76.1 Å². The van der Waals surface area contributed by atoms with Crippen molar-refractivity contribution in [3.8, 4) is 5.75 Å². The average Bonchev–Trinajstić information content (AvgIpc) is 2.73. The molecule has 1 amide bonds. The van der Waals surface area contributed by atoms with Crippen LogP contribution in [0, 0.1) is 0 Å². The number of amides is 1. The van der Waals surface area contributed by atoms with Crippen molar-refractivity contribution in [3.05, 3.63) is 83.8 Å². The number of hydrogen-bond acceptors (Lipinski definition) is 5. The van der Waals surface area contributed by atoms with Crippen LogP contribution < -0.4 is 15.4 Å². The number of benzene rings is 2. The Balaban J connectivity index is 1.47. The Morgan fingerprint density at radius 1 is 1.00 bits per heavy atom. The largest absolute Gasteiger partial charge is 0.497 e. The fourth-order valence-corrected chi connectivity index (χ4v) is 2.56. The Morgan fingerprint density at radius 3 is 2.56 bits per heavy atom. The van der Waals surface area contributed by atoms with Crippen molar-refractivity contribution < 1.29 is 9.53 Å². The van der Waals surface area contributed by atoms with E-state index < -0.39 is 0 Å². The maximum absolute atomic E-state index is 12.2. The molecule has 0 fully saturated rings. The zero-order chi connectivity index (χ0) is 18.9. The molecule has 0 spiro atoms. The summed E-state index contributed by atoms with van der Waals surface area (Å²) in [5.74, 6) is 1.20. The smallest absolute Gasteiger partial charge is 0.271 e. The number of ether oxygens (including phenoxy) is 1. The summed E-state index contributed by atoms with van der Waals surface area (Å²) in [6.45, 7) is 1.17. The Labute approximate surface area is 158 Å². The van der Waals surface area contributed by atoms with Gasteiger partial charge in [-0.1, -0.05) is 42.5 Å². The van der Waals surface area contributed by atoms with Crippen molar-refractivity contribution in [1.82, 2.24) is 15.3 Å². The van der Waals surface area contributed by atoms with E-state index in [0.717, 1.165) is 16.9 Å². The molecule has 0 radical (unpaired) electrons. The Kier molecular flexibility index (Phi) is 6.35. The predicted octanol–water partition coefficient (Wildman–Crippen LogP) is 3.07. The zero-order valence-corrected chi connectivity index (χ0v) is 15.2. The number of methoxy groups -OCH3 is 1. The van der Waals surface area contributed by atoms with Gasteiger partial charge >= 0.3 is 0 Å². The summed E-state index contributed by atoms with van der Waals surface area (Å²) in [7, 11) is 1.64. The average molecular weight is 362 g/mol. The molecule has 3 rings (SSSR count). The SMILES string of the molecule is COc1cccc(CCNC(=O)c2cnc(NCc3ccccc3)cn2)c1. The third-order valence-electron chi connectivity index (χ3n) is 4.03. The van der Waals surface area contributed by atoms with Crippen molar-refractivity contribution in [2.75, 3.05) is 19.0 Å². The molecule has 1 aromatic heterocycles. The van der Waals surface area contributed by atoms with Crippen LogP contribution in [0.5, 0.6) is 5.75 Å². The maximum atomic E-state index is 12.2. The second-order valence-electron chi connectivity index (χ2n) is 5.98. The third kappa shape index (κ3) is 5.54. The Hall–Kier alpha value is -3.41. The molecule has 0 aliphatic carbocycles. The van der Waals surface area contributed by atoms with Crippen LogP contribution in [0.3, 0.4) is 0 Å². The molecular formula is C21H22N4O2. The van der Waals surface area contributed by atoms with Crippen LogP contribution in [-0.2, 0) is 13.0 Å². The van der Waals surface area contributed by atoms with Gasteiger partial charge in [0.05, 0.1) is 19.5 Å². The molecule has 3 aromatic rings. The summed E-state index contributed by atoms with van der Waals surface area (Å²) in [4.78, 5) is 20.6. The van der Waals surface area contributed by atoms with Crippen LogP contribution in [0.1, 0.15) is 21.6 Å². The van der Waals surface area contributed by atoms with E-state index in [1.54, 1.807) is 13.3 Å². The molecule has 2 N–H and O–H groups in total. The Bertz CT molecular complexity index is 867. The van der Waals surface area contributed by atoms with Gasteiger partial charge in [-0.3, -0.25) is 4.79 Å². The molecule has 6 nitrogen and oxygen atoms in total. The maximum Gasteiger partial charge on any atom is 0.271 e. The molecule has 0 aliphatic rings. The first-order chi connectivity index (χ1) is 13.2. The molecule has 0 atom stereocenters. The fourth-order valence-electron chi connectivity index (χ4n) is 2.56. The lowest BCUT2D eigenvalue weighted by molar-refractivity contribution is 0.0949. The predicted molar refractivity (Wildman–Crippen MR) is 105 cm³/mol. The minimum Gasteiger partial charge on any atom is -0.497 e. The minimum absolute atomic E-state index is 0.236. The summed E-state index contributed by atoms with van der Waals surface area (Å²) < 4.78 is 5.20. The molecule has 0 saturated heterocycles. The van der Waals surface area contributed by atoms with Crippen LogP contribution in [-0.4, -0.2) is 29.5 Å². The van der Waals surface area contributed by atoms with E-state index in [1.165, 1.54) is 6.20 Å². The summed E-state index contributed by atoms with van der Waals surface area (Å²) in [5, 5.41) is 6.04. The highest BCUT2D eigenvalue weighted by atomic mass is 16.5. The van der Waals surface area contributed by atoms with Gasteiger partial charge in [-0.05, 0) is 29.7 Å². The van der Waals surface area contributed by atoms with E-state index in [1.807, 2.05) is 54.6 Å². The number of aromatic nitrogens is 2. The molecule has 2 aromatic carbocycles. The summed E-state index contributed by atoms with van der Waals surface area (Å²) in [5.41, 5.74) is 2.55. The van der Waals surface area contributed by atoms with Crippen molar-refractivity contribution >= 4 is 11.7 Å². The van der Waals surface area contributed by atoms with Crippen molar-refractivity contribution in [1.29, 1.82) is 0 Å². The van der Waals surface area contributed by atoms with E-state index in [4.69, 9.17) is 4.74 Å². The first-order valence-electron chi connectivity index (χ1n) is 8.75. The van der Waals surface area contributed by atoms with Gasteiger partial charge in [0.15, 0.2) is 0 Å². The van der Waals surface area contributed by atoms with Gasteiger partial charge in [-0.15, -0.1) is 0 Å². The molecule has 0 saturated carbocycles. The molecule has 1 heterocycles. The minimum atomic E-state index is -0.236. The quantitative estimate of drug-likeness (QED) is 0.644. The van der Waals surface area contributed by atoms with E-state index in [-0.39, 0.29) is 5.91 Å². The lowest BCUT2D eigenvalue weighted by Crippen LogP contribution is -2.26. The van der Waals surface area contributed by atoms with Crippen LogP contribution in [0.25, 0.3) is 0 Å². The number of nitrogens with one attached hydrogen (secondary N) is 2. The molecule has 6 heteroatoms. The summed E-state index contributed by atoms with van der Waals surface area (Å²) >= 11 is 0. The van der Waals surface area contributed by atoms with E-state index in [0.29, 0.717) is 31.0 Å². The second-order valence-corrected chi connectivity index (χ2v) is 5.98. The van der Waals surface area contributed by atoms with Gasteiger partial charge < -0.3 is 15.4 Å². The highest BCUT2D eigenvalue weighted by Gasteiger charge is 2.07. The first-order valence-corrected chi connectivity index (χ1v) is 8.75. The number of carbonyl (C=O) groups is 1. The van der Waals surface area contributed by atoms with Crippen LogP contribution in [0.2, 0.25) is 0 Å². The van der Waals surface area contributed by atoms with Gasteiger partial charge in [-0.2, -0.15) is 0 Å². The lowest BCUT2D eigenvalue weighted by Gasteiger charge is -2.08. The fraction of sp³-hybridized carbons (Fsp3) is 0.190. The second kappa shape index (κ2) is 9.33. The normalized spacial score (nSPS) is 10.3. The molecule has 0 bridgehead atoms. The van der Waals surface area contributed by atoms with Gasteiger partial charge in [-0.25, -0.2) is 9.97 Å². The van der Waals surface area contributed by atoms with Gasteiger partial charge in [0.1, 0.15) is 17.3 Å². The lowest BCUT2D eigenvalue weighted by atomic mass is 10.1. The number of anilines is 1. The number of carbonyl (C=O) groups excluding carboxylic acids is 1. The van der Waals surface area contributed by atoms with Crippen molar-refractivity contribution in [2.24, 2.45) is 0 Å². The highest BCUT2D eigenvalue weighted by molar-refractivity contribution is 5.91. The van der Waals surface area contributed by atoms with Gasteiger partial charge in [0.2, 0.25) is 0 Å². The van der Waals surface area contributed by atoms with Crippen LogP contribution in [0.4, 0.5) is 5.82 Å². The molecular weight excluding hydrogens is 340 g/mol. The molecule has 138 valence electrons. The molecule has 0 unspecified atom stereocenters. The van der Waals surface area contributed by atoms with E-state index in [9.17, 15) is 4.79 Å². The number of rotatable bonds is 8.